The summed E-state index contributed by atoms with van der Waals surface area (Å²) in [7, 11) is 1.26. The highest BCUT2D eigenvalue weighted by molar-refractivity contribution is 8.00. The number of carbonyl (C=O) groups is 2. The molecule has 1 amide bonds. The Hall–Kier alpha value is -4.02. The molecular weight excluding hydrogens is 552 g/mol. The smallest absolute Gasteiger partial charge is 0.344 e. The number of β-lactam (4-membered cyclic amide) rings is 1. The Morgan fingerprint density at radius 1 is 0.878 bits per heavy atom. The van der Waals surface area contributed by atoms with Gasteiger partial charge < -0.3 is 9.64 Å². The second-order valence-electron chi connectivity index (χ2n) is 9.44. The minimum atomic E-state index is -1.25. The van der Waals surface area contributed by atoms with Gasteiger partial charge in [0.2, 0.25) is 11.4 Å². The van der Waals surface area contributed by atoms with Crippen molar-refractivity contribution in [3.05, 3.63) is 144 Å². The standard InChI is InChI=1S/C34H29ClN2O3S/c1-40-33(39)30(35)37-31(38)29(32(37)41-24-14-17-25-15-6-2-7-16-25)36-34(26-18-8-3-9-19-26,27-20-10-4-11-21-27)28-22-12-5-13-23-28/h2-13,15-16,18-23,29-30,32,36H,24H2,1H3. The number of ether oxygens (including phenoxy) is 1. The maximum Gasteiger partial charge on any atom is 0.344 e. The van der Waals surface area contributed by atoms with E-state index in [1.54, 1.807) is 0 Å². The van der Waals surface area contributed by atoms with Gasteiger partial charge in [0.05, 0.1) is 18.4 Å². The van der Waals surface area contributed by atoms with Crippen molar-refractivity contribution in [1.82, 2.24) is 10.2 Å². The Morgan fingerprint density at radius 2 is 1.34 bits per heavy atom. The van der Waals surface area contributed by atoms with Gasteiger partial charge in [-0.2, -0.15) is 0 Å². The number of nitrogens with zero attached hydrogens (tertiary/aromatic N) is 1. The topological polar surface area (TPSA) is 58.6 Å². The summed E-state index contributed by atoms with van der Waals surface area (Å²) in [6, 6.07) is 39.2. The number of thioether (sulfide) groups is 1. The Bertz CT molecular complexity index is 1430. The minimum absolute atomic E-state index is 0.281. The number of rotatable bonds is 9. The van der Waals surface area contributed by atoms with Gasteiger partial charge in [-0.05, 0) is 28.8 Å². The fourth-order valence-corrected chi connectivity index (χ4v) is 6.54. The van der Waals surface area contributed by atoms with E-state index < -0.39 is 28.4 Å². The van der Waals surface area contributed by atoms with Crippen LogP contribution >= 0.6 is 23.4 Å². The molecule has 0 radical (unpaired) electrons. The second-order valence-corrected chi connectivity index (χ2v) is 11.0. The lowest BCUT2D eigenvalue weighted by Gasteiger charge is -2.51. The summed E-state index contributed by atoms with van der Waals surface area (Å²) in [5.74, 6) is 5.81. The van der Waals surface area contributed by atoms with E-state index in [0.717, 1.165) is 22.3 Å². The number of halogens is 1. The molecule has 1 N–H and O–H groups in total. The number of benzene rings is 4. The quantitative estimate of drug-likeness (QED) is 0.0695. The van der Waals surface area contributed by atoms with Crippen LogP contribution in [-0.4, -0.2) is 46.6 Å². The summed E-state index contributed by atoms with van der Waals surface area (Å²) in [4.78, 5) is 27.6. The van der Waals surface area contributed by atoms with E-state index in [-0.39, 0.29) is 5.91 Å². The molecule has 3 unspecified atom stereocenters. The molecule has 1 fully saturated rings. The van der Waals surface area contributed by atoms with Crippen LogP contribution in [0.4, 0.5) is 0 Å². The molecule has 5 nitrogen and oxygen atoms in total. The van der Waals surface area contributed by atoms with E-state index in [4.69, 9.17) is 16.3 Å². The average molecular weight is 581 g/mol. The SMILES string of the molecule is COC(=O)C(Cl)N1C(=O)C(NC(c2ccccc2)(c2ccccc2)c2ccccc2)C1SCC#Cc1ccccc1. The van der Waals surface area contributed by atoms with E-state index in [2.05, 4.69) is 53.6 Å². The third-order valence-corrected chi connectivity index (χ3v) is 8.59. The zero-order valence-corrected chi connectivity index (χ0v) is 24.0. The van der Waals surface area contributed by atoms with Crippen molar-refractivity contribution in [2.24, 2.45) is 0 Å². The number of esters is 1. The molecule has 4 aromatic rings. The molecule has 7 heteroatoms. The summed E-state index contributed by atoms with van der Waals surface area (Å²) in [6.07, 6.45) is 0. The highest BCUT2D eigenvalue weighted by atomic mass is 35.5. The van der Waals surface area contributed by atoms with Crippen LogP contribution in [0.1, 0.15) is 22.3 Å². The Balaban J connectivity index is 1.55. The lowest BCUT2D eigenvalue weighted by atomic mass is 9.76. The van der Waals surface area contributed by atoms with E-state index in [1.807, 2.05) is 84.9 Å². The van der Waals surface area contributed by atoms with Crippen molar-refractivity contribution in [2.45, 2.75) is 22.5 Å². The predicted molar refractivity (Wildman–Crippen MR) is 164 cm³/mol. The Labute approximate surface area is 249 Å². The first-order valence-corrected chi connectivity index (χ1v) is 14.7. The number of nitrogens with one attached hydrogen (secondary N) is 1. The fourth-order valence-electron chi connectivity index (χ4n) is 5.08. The molecule has 1 aliphatic rings. The number of amides is 1. The van der Waals surface area contributed by atoms with Crippen LogP contribution in [-0.2, 0) is 19.9 Å². The molecule has 4 aromatic carbocycles. The molecular formula is C34H29ClN2O3S. The molecule has 1 saturated heterocycles. The van der Waals surface area contributed by atoms with Gasteiger partial charge in [0.15, 0.2) is 0 Å². The first kappa shape index (κ1) is 28.5. The highest BCUT2D eigenvalue weighted by Gasteiger charge is 2.55. The van der Waals surface area contributed by atoms with E-state index in [0.29, 0.717) is 5.75 Å². The normalized spacial score (nSPS) is 17.1. The van der Waals surface area contributed by atoms with Crippen LogP contribution in [0.25, 0.3) is 0 Å². The number of alkyl halides is 1. The van der Waals surface area contributed by atoms with E-state index >= 15 is 0 Å². The van der Waals surface area contributed by atoms with Crippen molar-refractivity contribution >= 4 is 35.2 Å². The average Bonchev–Trinajstić information content (AvgIpc) is 3.04. The minimum Gasteiger partial charge on any atom is -0.467 e. The number of methoxy groups -OCH3 is 1. The van der Waals surface area contributed by atoms with Crippen molar-refractivity contribution in [3.63, 3.8) is 0 Å². The Kier molecular flexibility index (Phi) is 9.11. The van der Waals surface area contributed by atoms with Crippen molar-refractivity contribution in [2.75, 3.05) is 12.9 Å². The largest absolute Gasteiger partial charge is 0.467 e. The monoisotopic (exact) mass is 580 g/mol. The number of likely N-dealkylation sites (tertiary alicyclic amines) is 1. The third kappa shape index (κ3) is 5.89. The van der Waals surface area contributed by atoms with Crippen LogP contribution in [0.3, 0.4) is 0 Å². The van der Waals surface area contributed by atoms with Gasteiger partial charge in [0.1, 0.15) is 11.4 Å². The maximum atomic E-state index is 13.8. The molecule has 206 valence electrons. The fraction of sp³-hybridized carbons (Fsp3) is 0.176. The molecule has 41 heavy (non-hydrogen) atoms. The van der Waals surface area contributed by atoms with Crippen LogP contribution < -0.4 is 5.32 Å². The summed E-state index contributed by atoms with van der Waals surface area (Å²) < 4.78 is 4.87. The molecule has 5 rings (SSSR count). The summed E-state index contributed by atoms with van der Waals surface area (Å²) in [5, 5.41) is 3.28. The van der Waals surface area contributed by atoms with Crippen LogP contribution in [0.2, 0.25) is 0 Å². The first-order valence-electron chi connectivity index (χ1n) is 13.2. The second kappa shape index (κ2) is 13.1. The molecule has 0 spiro atoms. The first-order chi connectivity index (χ1) is 20.1. The number of hydrogen-bond donors (Lipinski definition) is 1. The van der Waals surface area contributed by atoms with Gasteiger partial charge in [-0.25, -0.2) is 4.79 Å². The van der Waals surface area contributed by atoms with Gasteiger partial charge in [-0.3, -0.25) is 10.1 Å². The molecule has 0 bridgehead atoms. The van der Waals surface area contributed by atoms with E-state index in [9.17, 15) is 9.59 Å². The summed E-state index contributed by atoms with van der Waals surface area (Å²) >= 11 is 7.93. The number of carbonyl (C=O) groups excluding carboxylic acids is 2. The van der Waals surface area contributed by atoms with Gasteiger partial charge >= 0.3 is 5.97 Å². The molecule has 0 saturated carbocycles. The lowest BCUT2D eigenvalue weighted by molar-refractivity contribution is -0.158. The summed E-state index contributed by atoms with van der Waals surface area (Å²) in [6.45, 7) is 0. The van der Waals surface area contributed by atoms with E-state index in [1.165, 1.54) is 23.8 Å². The van der Waals surface area contributed by atoms with Gasteiger partial charge in [0.25, 0.3) is 0 Å². The Morgan fingerprint density at radius 3 is 1.80 bits per heavy atom. The van der Waals surface area contributed by atoms with Gasteiger partial charge in [0, 0.05) is 5.56 Å². The van der Waals surface area contributed by atoms with Crippen LogP contribution in [0, 0.1) is 11.8 Å². The van der Waals surface area contributed by atoms with Crippen molar-refractivity contribution in [1.29, 1.82) is 0 Å². The van der Waals surface area contributed by atoms with Crippen LogP contribution in [0.5, 0.6) is 0 Å². The van der Waals surface area contributed by atoms with Crippen molar-refractivity contribution < 1.29 is 14.3 Å². The highest BCUT2D eigenvalue weighted by Crippen LogP contribution is 2.41. The molecule has 1 heterocycles. The molecule has 3 atom stereocenters. The zero-order valence-electron chi connectivity index (χ0n) is 22.4. The van der Waals surface area contributed by atoms with Gasteiger partial charge in [-0.1, -0.05) is 133 Å². The zero-order chi connectivity index (χ0) is 28.7. The predicted octanol–water partition coefficient (Wildman–Crippen LogP) is 5.63. The molecule has 0 aromatic heterocycles. The lowest BCUT2D eigenvalue weighted by Crippen LogP contribution is -2.74. The number of hydrogen-bond acceptors (Lipinski definition) is 5. The molecule has 0 aliphatic carbocycles. The van der Waals surface area contributed by atoms with Crippen LogP contribution in [0.15, 0.2) is 121 Å². The molecule has 1 aliphatic heterocycles. The van der Waals surface area contributed by atoms with Gasteiger partial charge in [-0.15, -0.1) is 11.8 Å². The summed E-state index contributed by atoms with van der Waals surface area (Å²) in [5.41, 5.74) is 1.73. The third-order valence-electron chi connectivity index (χ3n) is 7.04. The maximum absolute atomic E-state index is 13.8. The van der Waals surface area contributed by atoms with Crippen molar-refractivity contribution in [3.8, 4) is 11.8 Å².